The number of pyridine rings is 1. The van der Waals surface area contributed by atoms with Crippen molar-refractivity contribution in [2.24, 2.45) is 5.92 Å². The quantitative estimate of drug-likeness (QED) is 0.237. The summed E-state index contributed by atoms with van der Waals surface area (Å²) >= 11 is 12.8. The van der Waals surface area contributed by atoms with E-state index in [2.05, 4.69) is 22.1 Å². The minimum atomic E-state index is -4.45. The molecular formula is C31H29ClF3N5S. The first-order valence-corrected chi connectivity index (χ1v) is 14.4. The number of nitrogens with one attached hydrogen (secondary N) is 1. The van der Waals surface area contributed by atoms with Crippen LogP contribution in [0.2, 0.25) is 5.02 Å². The summed E-state index contributed by atoms with van der Waals surface area (Å²) < 4.78 is 42.5. The molecule has 2 atom stereocenters. The van der Waals surface area contributed by atoms with Crippen LogP contribution in [-0.2, 0) is 6.18 Å². The van der Waals surface area contributed by atoms with E-state index >= 15 is 0 Å². The maximum absolute atomic E-state index is 13.6. The molecule has 41 heavy (non-hydrogen) atoms. The Hall–Kier alpha value is -3.56. The first-order valence-electron chi connectivity index (χ1n) is 13.6. The zero-order valence-electron chi connectivity index (χ0n) is 22.4. The summed E-state index contributed by atoms with van der Waals surface area (Å²) in [5.41, 5.74) is 3.02. The minimum absolute atomic E-state index is 0.356. The molecule has 2 aromatic carbocycles. The molecule has 4 aromatic rings. The molecule has 0 spiro atoms. The highest BCUT2D eigenvalue weighted by atomic mass is 35.5. The Balaban J connectivity index is 1.43. The third kappa shape index (κ3) is 5.40. The van der Waals surface area contributed by atoms with E-state index in [-0.39, 0.29) is 6.04 Å². The smallest absolute Gasteiger partial charge is 0.370 e. The van der Waals surface area contributed by atoms with Gasteiger partial charge in [-0.25, -0.2) is 0 Å². The fraction of sp³-hybridized carbons (Fsp3) is 0.290. The van der Waals surface area contributed by atoms with Crippen molar-refractivity contribution in [3.8, 4) is 5.69 Å². The summed E-state index contributed by atoms with van der Waals surface area (Å²) in [6.45, 7) is 4.19. The largest absolute Gasteiger partial charge is 0.416 e. The number of thiocarbonyl (C=S) groups is 1. The molecule has 2 fully saturated rings. The van der Waals surface area contributed by atoms with Crippen molar-refractivity contribution >= 4 is 40.3 Å². The van der Waals surface area contributed by atoms with Gasteiger partial charge in [-0.3, -0.25) is 4.98 Å². The monoisotopic (exact) mass is 595 g/mol. The molecule has 0 amide bonds. The molecule has 5 nitrogen and oxygen atoms in total. The topological polar surface area (TPSA) is 36.3 Å². The van der Waals surface area contributed by atoms with E-state index in [1.54, 1.807) is 23.0 Å². The summed E-state index contributed by atoms with van der Waals surface area (Å²) in [7, 11) is 0. The summed E-state index contributed by atoms with van der Waals surface area (Å²) in [6.07, 6.45) is 1.29. The molecule has 0 unspecified atom stereocenters. The van der Waals surface area contributed by atoms with Crippen molar-refractivity contribution < 1.29 is 13.2 Å². The molecule has 0 bridgehead atoms. The number of halogens is 4. The van der Waals surface area contributed by atoms with E-state index in [0.717, 1.165) is 60.8 Å². The van der Waals surface area contributed by atoms with Crippen molar-refractivity contribution in [3.63, 3.8) is 0 Å². The molecule has 2 aliphatic heterocycles. The van der Waals surface area contributed by atoms with Crippen LogP contribution in [0.1, 0.15) is 48.8 Å². The standard InChI is InChI=1S/C31H29ClF3N5S/c1-20-12-16-38(17-13-20)26-11-10-23(19-24(26)32)40-29(28(37-30(40)41)25-8-2-3-14-36-25)27-9-5-15-39(27)22-7-4-6-21(18-22)31(33,34)35/h2-11,14-15,18-20,28-29H,12-13,16-17H2,1H3,(H,37,41)/t28-,29+/m0/s1. The molecule has 1 N–H and O–H groups in total. The number of anilines is 2. The summed E-state index contributed by atoms with van der Waals surface area (Å²) in [5.74, 6) is 0.703. The normalized spacial score (nSPS) is 20.0. The summed E-state index contributed by atoms with van der Waals surface area (Å²) in [4.78, 5) is 8.90. The SMILES string of the molecule is CC1CCN(c2ccc(N3C(=S)N[C@@H](c4ccccn4)[C@H]3c3cccn3-c3cccc(C(F)(F)F)c3)cc2Cl)CC1. The molecule has 0 saturated carbocycles. The van der Waals surface area contributed by atoms with Crippen LogP contribution < -0.4 is 15.1 Å². The molecular weight excluding hydrogens is 567 g/mol. The minimum Gasteiger partial charge on any atom is -0.370 e. The van der Waals surface area contributed by atoms with Gasteiger partial charge >= 0.3 is 6.18 Å². The number of hydrogen-bond donors (Lipinski definition) is 1. The lowest BCUT2D eigenvalue weighted by Gasteiger charge is -2.33. The number of alkyl halides is 3. The molecule has 2 saturated heterocycles. The molecule has 0 aliphatic carbocycles. The third-order valence-corrected chi connectivity index (χ3v) is 8.58. The highest BCUT2D eigenvalue weighted by Gasteiger charge is 2.42. The fourth-order valence-corrected chi connectivity index (χ4v) is 6.43. The second kappa shape index (κ2) is 11.0. The lowest BCUT2D eigenvalue weighted by Crippen LogP contribution is -2.33. The van der Waals surface area contributed by atoms with Crippen LogP contribution in [0.25, 0.3) is 5.69 Å². The Labute approximate surface area is 247 Å². The Morgan fingerprint density at radius 2 is 1.76 bits per heavy atom. The van der Waals surface area contributed by atoms with Gasteiger partial charge in [-0.15, -0.1) is 0 Å². The maximum atomic E-state index is 13.6. The van der Waals surface area contributed by atoms with E-state index in [0.29, 0.717) is 21.7 Å². The number of piperidine rings is 1. The molecule has 2 aliphatic rings. The van der Waals surface area contributed by atoms with Gasteiger partial charge in [-0.2, -0.15) is 13.2 Å². The van der Waals surface area contributed by atoms with Crippen molar-refractivity contribution in [3.05, 3.63) is 107 Å². The Kier molecular flexibility index (Phi) is 7.42. The van der Waals surface area contributed by atoms with Crippen LogP contribution in [0.3, 0.4) is 0 Å². The zero-order chi connectivity index (χ0) is 28.7. The Bertz CT molecular complexity index is 1550. The van der Waals surface area contributed by atoms with E-state index in [1.165, 1.54) is 6.07 Å². The van der Waals surface area contributed by atoms with Crippen molar-refractivity contribution in [1.82, 2.24) is 14.9 Å². The van der Waals surface area contributed by atoms with Crippen molar-refractivity contribution in [2.75, 3.05) is 22.9 Å². The van der Waals surface area contributed by atoms with Crippen LogP contribution in [0.15, 0.2) is 85.2 Å². The van der Waals surface area contributed by atoms with Gasteiger partial charge in [0.15, 0.2) is 5.11 Å². The average Bonchev–Trinajstić information content (AvgIpc) is 3.58. The number of hydrogen-bond acceptors (Lipinski definition) is 3. The third-order valence-electron chi connectivity index (χ3n) is 7.97. The van der Waals surface area contributed by atoms with E-state index < -0.39 is 17.8 Å². The second-order valence-electron chi connectivity index (χ2n) is 10.7. The Morgan fingerprint density at radius 1 is 0.951 bits per heavy atom. The molecule has 4 heterocycles. The van der Waals surface area contributed by atoms with E-state index in [9.17, 15) is 13.2 Å². The highest BCUT2D eigenvalue weighted by Crippen LogP contribution is 2.44. The van der Waals surface area contributed by atoms with Gasteiger partial charge in [0, 0.05) is 42.6 Å². The lowest BCUT2D eigenvalue weighted by molar-refractivity contribution is -0.137. The summed E-state index contributed by atoms with van der Waals surface area (Å²) in [6, 6.07) is 19.9. The number of nitrogens with zero attached hydrogens (tertiary/aromatic N) is 4. The first kappa shape index (κ1) is 27.6. The zero-order valence-corrected chi connectivity index (χ0v) is 23.9. The van der Waals surface area contributed by atoms with Crippen LogP contribution in [0.5, 0.6) is 0 Å². The molecule has 212 valence electrons. The van der Waals surface area contributed by atoms with Crippen molar-refractivity contribution in [2.45, 2.75) is 38.0 Å². The molecule has 10 heteroatoms. The van der Waals surface area contributed by atoms with Crippen LogP contribution in [-0.4, -0.2) is 27.8 Å². The predicted octanol–water partition coefficient (Wildman–Crippen LogP) is 7.96. The Morgan fingerprint density at radius 3 is 2.46 bits per heavy atom. The average molecular weight is 596 g/mol. The van der Waals surface area contributed by atoms with Crippen LogP contribution in [0, 0.1) is 5.92 Å². The number of aromatic nitrogens is 2. The van der Waals surface area contributed by atoms with Gasteiger partial charge in [-0.1, -0.05) is 30.7 Å². The maximum Gasteiger partial charge on any atom is 0.416 e. The molecule has 6 rings (SSSR count). The number of rotatable bonds is 5. The van der Waals surface area contributed by atoms with Gasteiger partial charge in [0.1, 0.15) is 6.04 Å². The van der Waals surface area contributed by atoms with Gasteiger partial charge in [-0.05, 0) is 91.6 Å². The van der Waals surface area contributed by atoms with E-state index in [1.807, 2.05) is 53.4 Å². The highest BCUT2D eigenvalue weighted by molar-refractivity contribution is 7.80. The first-order chi connectivity index (χ1) is 19.7. The van der Waals surface area contributed by atoms with Gasteiger partial charge in [0.05, 0.1) is 28.0 Å². The van der Waals surface area contributed by atoms with Gasteiger partial charge in [0.25, 0.3) is 0 Å². The number of benzene rings is 2. The van der Waals surface area contributed by atoms with Crippen LogP contribution >= 0.6 is 23.8 Å². The van der Waals surface area contributed by atoms with Gasteiger partial charge in [0.2, 0.25) is 0 Å². The summed E-state index contributed by atoms with van der Waals surface area (Å²) in [5, 5.41) is 4.54. The predicted molar refractivity (Wildman–Crippen MR) is 161 cm³/mol. The van der Waals surface area contributed by atoms with Crippen LogP contribution in [0.4, 0.5) is 24.5 Å². The lowest BCUT2D eigenvalue weighted by atomic mass is 9.98. The van der Waals surface area contributed by atoms with Gasteiger partial charge < -0.3 is 19.7 Å². The molecule has 2 aromatic heterocycles. The second-order valence-corrected chi connectivity index (χ2v) is 11.4. The fourth-order valence-electron chi connectivity index (χ4n) is 5.79. The van der Waals surface area contributed by atoms with E-state index in [4.69, 9.17) is 23.8 Å². The molecule has 0 radical (unpaired) electrons. The van der Waals surface area contributed by atoms with Crippen molar-refractivity contribution in [1.29, 1.82) is 0 Å².